The highest BCUT2D eigenvalue weighted by atomic mass is 16.2. The zero-order valence-electron chi connectivity index (χ0n) is 9.03. The fourth-order valence-corrected chi connectivity index (χ4v) is 1.67. The van der Waals surface area contributed by atoms with Crippen LogP contribution in [0.2, 0.25) is 0 Å². The van der Waals surface area contributed by atoms with E-state index in [2.05, 4.69) is 18.9 Å². The second-order valence-corrected chi connectivity index (χ2v) is 4.48. The normalized spacial score (nSPS) is 16.6. The Balaban J connectivity index is 2.31. The summed E-state index contributed by atoms with van der Waals surface area (Å²) in [5, 5.41) is 4.36. The van der Waals surface area contributed by atoms with E-state index in [1.165, 1.54) is 12.8 Å². The molecule has 1 saturated carbocycles. The van der Waals surface area contributed by atoms with Crippen LogP contribution >= 0.6 is 0 Å². The molecule has 1 aliphatic carbocycles. The molecular formula is C10H17N3O. The average molecular weight is 195 g/mol. The van der Waals surface area contributed by atoms with Gasteiger partial charge in [-0.2, -0.15) is 5.10 Å². The van der Waals surface area contributed by atoms with E-state index in [-0.39, 0.29) is 5.69 Å². The van der Waals surface area contributed by atoms with Crippen molar-refractivity contribution in [3.05, 3.63) is 16.3 Å². The van der Waals surface area contributed by atoms with Crippen molar-refractivity contribution in [2.24, 2.45) is 13.0 Å². The van der Waals surface area contributed by atoms with E-state index >= 15 is 0 Å². The molecule has 0 bridgehead atoms. The summed E-state index contributed by atoms with van der Waals surface area (Å²) in [6.45, 7) is 4.92. The van der Waals surface area contributed by atoms with Crippen molar-refractivity contribution in [3.8, 4) is 0 Å². The molecule has 1 aromatic heterocycles. The summed E-state index contributed by atoms with van der Waals surface area (Å²) in [5.74, 6) is 1.89. The van der Waals surface area contributed by atoms with Gasteiger partial charge >= 0.3 is 5.69 Å². The van der Waals surface area contributed by atoms with E-state index in [9.17, 15) is 4.79 Å². The lowest BCUT2D eigenvalue weighted by Crippen LogP contribution is -2.24. The van der Waals surface area contributed by atoms with Gasteiger partial charge in [-0.1, -0.05) is 13.8 Å². The van der Waals surface area contributed by atoms with Crippen LogP contribution in [0.5, 0.6) is 0 Å². The van der Waals surface area contributed by atoms with Gasteiger partial charge in [0.2, 0.25) is 0 Å². The van der Waals surface area contributed by atoms with Crippen LogP contribution in [-0.4, -0.2) is 14.3 Å². The van der Waals surface area contributed by atoms with Gasteiger partial charge in [0.25, 0.3) is 0 Å². The van der Waals surface area contributed by atoms with E-state index in [0.29, 0.717) is 11.8 Å². The highest BCUT2D eigenvalue weighted by Gasteiger charge is 2.24. The number of nitrogens with zero attached hydrogens (tertiary/aromatic N) is 3. The van der Waals surface area contributed by atoms with Crippen molar-refractivity contribution in [3.63, 3.8) is 0 Å². The number of rotatable bonds is 3. The Morgan fingerprint density at radius 2 is 2.14 bits per heavy atom. The monoisotopic (exact) mass is 195 g/mol. The molecule has 0 N–H and O–H groups in total. The van der Waals surface area contributed by atoms with Gasteiger partial charge in [-0.25, -0.2) is 9.48 Å². The van der Waals surface area contributed by atoms with Gasteiger partial charge in [-0.05, 0) is 18.8 Å². The Hall–Kier alpha value is -1.06. The van der Waals surface area contributed by atoms with Crippen LogP contribution in [0.15, 0.2) is 4.79 Å². The maximum absolute atomic E-state index is 11.7. The predicted octanol–water partition coefficient (Wildman–Crippen LogP) is 1.12. The molecule has 0 spiro atoms. The van der Waals surface area contributed by atoms with Gasteiger partial charge in [0, 0.05) is 19.5 Å². The van der Waals surface area contributed by atoms with Crippen molar-refractivity contribution in [2.45, 2.75) is 39.2 Å². The van der Waals surface area contributed by atoms with Gasteiger partial charge in [0.05, 0.1) is 0 Å². The van der Waals surface area contributed by atoms with Gasteiger partial charge in [-0.15, -0.1) is 0 Å². The van der Waals surface area contributed by atoms with Crippen LogP contribution in [0.25, 0.3) is 0 Å². The highest BCUT2D eigenvalue weighted by Crippen LogP contribution is 2.29. The van der Waals surface area contributed by atoms with Crippen LogP contribution in [0.1, 0.15) is 38.4 Å². The third kappa shape index (κ3) is 1.61. The first-order valence-electron chi connectivity index (χ1n) is 5.23. The molecule has 1 heterocycles. The predicted molar refractivity (Wildman–Crippen MR) is 54.3 cm³/mol. The van der Waals surface area contributed by atoms with Gasteiger partial charge in [0.15, 0.2) is 0 Å². The lowest BCUT2D eigenvalue weighted by atomic mass is 10.2. The summed E-state index contributed by atoms with van der Waals surface area (Å²) in [6.07, 6.45) is 2.50. The van der Waals surface area contributed by atoms with E-state index in [1.807, 2.05) is 0 Å². The molecule has 78 valence electrons. The number of aromatic nitrogens is 3. The summed E-state index contributed by atoms with van der Waals surface area (Å²) in [6, 6.07) is 0. The van der Waals surface area contributed by atoms with Gasteiger partial charge in [0.1, 0.15) is 5.82 Å². The van der Waals surface area contributed by atoms with Crippen molar-refractivity contribution >= 4 is 0 Å². The summed E-state index contributed by atoms with van der Waals surface area (Å²) in [4.78, 5) is 11.7. The smallest absolute Gasteiger partial charge is 0.282 e. The molecule has 1 aliphatic rings. The summed E-state index contributed by atoms with van der Waals surface area (Å²) in [5.41, 5.74) is 0.0283. The first-order chi connectivity index (χ1) is 6.59. The van der Waals surface area contributed by atoms with Crippen molar-refractivity contribution in [2.75, 3.05) is 0 Å². The Morgan fingerprint density at radius 1 is 1.50 bits per heavy atom. The molecule has 0 saturated heterocycles. The SMILES string of the molecule is CC(C)c1nn(CC2CC2)c(=O)n1C. The molecular weight excluding hydrogens is 178 g/mol. The summed E-state index contributed by atoms with van der Waals surface area (Å²) < 4.78 is 3.28. The molecule has 0 atom stereocenters. The second-order valence-electron chi connectivity index (χ2n) is 4.48. The molecule has 14 heavy (non-hydrogen) atoms. The molecule has 0 aliphatic heterocycles. The van der Waals surface area contributed by atoms with Crippen LogP contribution in [0.4, 0.5) is 0 Å². The van der Waals surface area contributed by atoms with Crippen molar-refractivity contribution in [1.29, 1.82) is 0 Å². The van der Waals surface area contributed by atoms with E-state index < -0.39 is 0 Å². The molecule has 0 amide bonds. The third-order valence-corrected chi connectivity index (χ3v) is 2.72. The van der Waals surface area contributed by atoms with E-state index in [0.717, 1.165) is 12.4 Å². The second kappa shape index (κ2) is 3.26. The Morgan fingerprint density at radius 3 is 2.57 bits per heavy atom. The number of hydrogen-bond acceptors (Lipinski definition) is 2. The first kappa shape index (κ1) is 9.49. The van der Waals surface area contributed by atoms with Crippen molar-refractivity contribution in [1.82, 2.24) is 14.3 Å². The first-order valence-corrected chi connectivity index (χ1v) is 5.23. The fraction of sp³-hybridized carbons (Fsp3) is 0.800. The van der Waals surface area contributed by atoms with Crippen LogP contribution in [-0.2, 0) is 13.6 Å². The standard InChI is InChI=1S/C10H17N3O/c1-7(2)9-11-13(6-8-4-5-8)10(14)12(9)3/h7-8H,4-6H2,1-3H3. The fourth-order valence-electron chi connectivity index (χ4n) is 1.67. The lowest BCUT2D eigenvalue weighted by molar-refractivity contribution is 0.535. The Labute approximate surface area is 83.5 Å². The third-order valence-electron chi connectivity index (χ3n) is 2.72. The summed E-state index contributed by atoms with van der Waals surface area (Å²) in [7, 11) is 1.80. The minimum Gasteiger partial charge on any atom is -0.282 e. The Kier molecular flexibility index (Phi) is 2.21. The zero-order valence-corrected chi connectivity index (χ0v) is 9.03. The minimum atomic E-state index is 0.0283. The van der Waals surface area contributed by atoms with Gasteiger partial charge < -0.3 is 0 Å². The average Bonchev–Trinajstić information content (AvgIpc) is 2.88. The van der Waals surface area contributed by atoms with E-state index in [4.69, 9.17) is 0 Å². The molecule has 4 nitrogen and oxygen atoms in total. The molecule has 0 aromatic carbocycles. The van der Waals surface area contributed by atoms with Crippen molar-refractivity contribution < 1.29 is 0 Å². The minimum absolute atomic E-state index is 0.0283. The molecule has 0 unspecified atom stereocenters. The zero-order chi connectivity index (χ0) is 10.3. The number of hydrogen-bond donors (Lipinski definition) is 0. The lowest BCUT2D eigenvalue weighted by Gasteiger charge is -2.00. The maximum atomic E-state index is 11.7. The molecule has 2 rings (SSSR count). The molecule has 1 fully saturated rings. The van der Waals surface area contributed by atoms with Crippen LogP contribution in [0.3, 0.4) is 0 Å². The highest BCUT2D eigenvalue weighted by molar-refractivity contribution is 4.93. The van der Waals surface area contributed by atoms with E-state index in [1.54, 1.807) is 16.3 Å². The van der Waals surface area contributed by atoms with Crippen LogP contribution in [0, 0.1) is 5.92 Å². The molecule has 1 aromatic rings. The molecule has 0 radical (unpaired) electrons. The Bertz CT molecular complexity index is 385. The molecule has 4 heteroatoms. The maximum Gasteiger partial charge on any atom is 0.345 e. The van der Waals surface area contributed by atoms with Gasteiger partial charge in [-0.3, -0.25) is 4.57 Å². The summed E-state index contributed by atoms with van der Waals surface area (Å²) >= 11 is 0. The quantitative estimate of drug-likeness (QED) is 0.725. The largest absolute Gasteiger partial charge is 0.345 e. The van der Waals surface area contributed by atoms with Crippen LogP contribution < -0.4 is 5.69 Å². The topological polar surface area (TPSA) is 39.8 Å².